The normalized spacial score (nSPS) is 11.2. The number of aromatic amines is 1. The lowest BCUT2D eigenvalue weighted by Crippen LogP contribution is -2.01. The van der Waals surface area contributed by atoms with E-state index in [-0.39, 0.29) is 0 Å². The molecule has 1 aromatic heterocycles. The summed E-state index contributed by atoms with van der Waals surface area (Å²) in [5.74, 6) is 0. The third kappa shape index (κ3) is 2.12. The molecule has 20 heavy (non-hydrogen) atoms. The lowest BCUT2D eigenvalue weighted by atomic mass is 9.94. The van der Waals surface area contributed by atoms with Crippen LogP contribution in [0.25, 0.3) is 22.0 Å². The lowest BCUT2D eigenvalue weighted by Gasteiger charge is -2.10. The molecule has 2 aromatic carbocycles. The van der Waals surface area contributed by atoms with Gasteiger partial charge < -0.3 is 10.7 Å². The summed E-state index contributed by atoms with van der Waals surface area (Å²) >= 11 is 0. The predicted octanol–water partition coefficient (Wildman–Crippen LogP) is 3.95. The van der Waals surface area contributed by atoms with Gasteiger partial charge in [-0.15, -0.1) is 0 Å². The fourth-order valence-corrected chi connectivity index (χ4v) is 2.97. The van der Waals surface area contributed by atoms with Crippen LogP contribution in [0.15, 0.2) is 42.6 Å². The third-order valence-corrected chi connectivity index (χ3v) is 3.95. The Kier molecular flexibility index (Phi) is 3.33. The number of rotatable bonds is 3. The molecule has 3 N–H and O–H groups in total. The molecule has 0 amide bonds. The molecule has 0 spiro atoms. The van der Waals surface area contributed by atoms with Crippen LogP contribution in [0.4, 0.5) is 0 Å². The van der Waals surface area contributed by atoms with Crippen molar-refractivity contribution in [1.29, 1.82) is 0 Å². The molecule has 0 aliphatic carbocycles. The van der Waals surface area contributed by atoms with E-state index < -0.39 is 0 Å². The molecule has 102 valence electrons. The molecule has 0 saturated carbocycles. The van der Waals surface area contributed by atoms with Crippen LogP contribution in [0, 0.1) is 13.8 Å². The molecule has 0 unspecified atom stereocenters. The van der Waals surface area contributed by atoms with Gasteiger partial charge >= 0.3 is 0 Å². The zero-order valence-electron chi connectivity index (χ0n) is 12.0. The topological polar surface area (TPSA) is 41.8 Å². The second-order valence-electron chi connectivity index (χ2n) is 5.38. The zero-order chi connectivity index (χ0) is 14.1. The number of benzene rings is 2. The highest BCUT2D eigenvalue weighted by molar-refractivity contribution is 5.89. The van der Waals surface area contributed by atoms with Crippen LogP contribution in [0.1, 0.15) is 16.7 Å². The first-order valence-electron chi connectivity index (χ1n) is 7.07. The summed E-state index contributed by atoms with van der Waals surface area (Å²) in [6.07, 6.45) is 2.99. The number of aryl methyl sites for hydroxylation is 2. The van der Waals surface area contributed by atoms with Crippen LogP contribution >= 0.6 is 0 Å². The van der Waals surface area contributed by atoms with Gasteiger partial charge in [-0.3, -0.25) is 0 Å². The van der Waals surface area contributed by atoms with Crippen molar-refractivity contribution < 1.29 is 0 Å². The van der Waals surface area contributed by atoms with Crippen LogP contribution in [-0.4, -0.2) is 11.5 Å². The van der Waals surface area contributed by atoms with E-state index in [1.807, 2.05) is 0 Å². The summed E-state index contributed by atoms with van der Waals surface area (Å²) in [7, 11) is 0. The predicted molar refractivity (Wildman–Crippen MR) is 86.0 cm³/mol. The maximum Gasteiger partial charge on any atom is 0.0457 e. The molecular weight excluding hydrogens is 244 g/mol. The number of nitrogens with one attached hydrogen (secondary N) is 1. The Labute approximate surface area is 119 Å². The summed E-state index contributed by atoms with van der Waals surface area (Å²) in [6, 6.07) is 13.1. The average molecular weight is 264 g/mol. The van der Waals surface area contributed by atoms with Crippen molar-refractivity contribution in [1.82, 2.24) is 4.98 Å². The standard InChI is InChI=1S/C18H20N2/c1-12-4-3-5-13(2)18(12)14-6-7-17-16(10-14)15(8-9-19)11-20-17/h3-7,10-11,20H,8-9,19H2,1-2H3. The van der Waals surface area contributed by atoms with Crippen molar-refractivity contribution in [2.45, 2.75) is 20.3 Å². The van der Waals surface area contributed by atoms with Crippen molar-refractivity contribution in [3.63, 3.8) is 0 Å². The molecule has 0 bridgehead atoms. The first-order chi connectivity index (χ1) is 9.70. The van der Waals surface area contributed by atoms with Gasteiger partial charge in [-0.05, 0) is 66.8 Å². The first-order valence-corrected chi connectivity index (χ1v) is 7.07. The van der Waals surface area contributed by atoms with Crippen molar-refractivity contribution in [2.75, 3.05) is 6.54 Å². The summed E-state index contributed by atoms with van der Waals surface area (Å²) in [5, 5.41) is 1.29. The Morgan fingerprint density at radius 1 is 1.05 bits per heavy atom. The summed E-state index contributed by atoms with van der Waals surface area (Å²) < 4.78 is 0. The average Bonchev–Trinajstić information content (AvgIpc) is 2.82. The van der Waals surface area contributed by atoms with Gasteiger partial charge in [-0.1, -0.05) is 24.3 Å². The highest BCUT2D eigenvalue weighted by Gasteiger charge is 2.08. The highest BCUT2D eigenvalue weighted by Crippen LogP contribution is 2.30. The van der Waals surface area contributed by atoms with E-state index in [1.54, 1.807) is 0 Å². The number of nitrogens with two attached hydrogens (primary N) is 1. The molecule has 0 radical (unpaired) electrons. The van der Waals surface area contributed by atoms with Gasteiger partial charge in [0.1, 0.15) is 0 Å². The van der Waals surface area contributed by atoms with Crippen LogP contribution in [-0.2, 0) is 6.42 Å². The molecule has 0 atom stereocenters. The third-order valence-electron chi connectivity index (χ3n) is 3.95. The number of aromatic nitrogens is 1. The van der Waals surface area contributed by atoms with Gasteiger partial charge in [-0.2, -0.15) is 0 Å². The maximum absolute atomic E-state index is 5.69. The second kappa shape index (κ2) is 5.14. The van der Waals surface area contributed by atoms with Crippen LogP contribution < -0.4 is 5.73 Å². The number of hydrogen-bond donors (Lipinski definition) is 2. The molecule has 0 saturated heterocycles. The molecule has 2 heteroatoms. The van der Waals surface area contributed by atoms with Crippen LogP contribution in [0.5, 0.6) is 0 Å². The lowest BCUT2D eigenvalue weighted by molar-refractivity contribution is 0.976. The van der Waals surface area contributed by atoms with E-state index in [9.17, 15) is 0 Å². The van der Waals surface area contributed by atoms with E-state index in [4.69, 9.17) is 5.73 Å². The van der Waals surface area contributed by atoms with E-state index >= 15 is 0 Å². The van der Waals surface area contributed by atoms with Gasteiger partial charge in [0.05, 0.1) is 0 Å². The van der Waals surface area contributed by atoms with Crippen molar-refractivity contribution >= 4 is 10.9 Å². The van der Waals surface area contributed by atoms with Crippen molar-refractivity contribution in [2.24, 2.45) is 5.73 Å². The fourth-order valence-electron chi connectivity index (χ4n) is 2.97. The molecule has 1 heterocycles. The summed E-state index contributed by atoms with van der Waals surface area (Å²) in [4.78, 5) is 3.33. The molecule has 0 aliphatic rings. The van der Waals surface area contributed by atoms with E-state index in [1.165, 1.54) is 38.7 Å². The summed E-state index contributed by atoms with van der Waals surface area (Å²) in [6.45, 7) is 5.02. The Hall–Kier alpha value is -2.06. The Morgan fingerprint density at radius 2 is 1.80 bits per heavy atom. The zero-order valence-corrected chi connectivity index (χ0v) is 12.0. The molecule has 0 aliphatic heterocycles. The van der Waals surface area contributed by atoms with E-state index in [0.29, 0.717) is 6.54 Å². The largest absolute Gasteiger partial charge is 0.361 e. The second-order valence-corrected chi connectivity index (χ2v) is 5.38. The quantitative estimate of drug-likeness (QED) is 0.739. The Morgan fingerprint density at radius 3 is 2.50 bits per heavy atom. The highest BCUT2D eigenvalue weighted by atomic mass is 14.7. The minimum absolute atomic E-state index is 0.681. The molecular formula is C18H20N2. The smallest absolute Gasteiger partial charge is 0.0457 e. The Balaban J connectivity index is 2.19. The fraction of sp³-hybridized carbons (Fsp3) is 0.222. The van der Waals surface area contributed by atoms with Gasteiger partial charge in [-0.25, -0.2) is 0 Å². The monoisotopic (exact) mass is 264 g/mol. The SMILES string of the molecule is Cc1cccc(C)c1-c1ccc2[nH]cc(CCN)c2c1. The molecule has 2 nitrogen and oxygen atoms in total. The minimum atomic E-state index is 0.681. The van der Waals surface area contributed by atoms with Gasteiger partial charge in [0.2, 0.25) is 0 Å². The van der Waals surface area contributed by atoms with Crippen molar-refractivity contribution in [3.05, 3.63) is 59.3 Å². The van der Waals surface area contributed by atoms with Gasteiger partial charge in [0, 0.05) is 17.1 Å². The van der Waals surface area contributed by atoms with Gasteiger partial charge in [0.25, 0.3) is 0 Å². The molecule has 3 rings (SSSR count). The Bertz CT molecular complexity index is 733. The van der Waals surface area contributed by atoms with Crippen molar-refractivity contribution in [3.8, 4) is 11.1 Å². The number of hydrogen-bond acceptors (Lipinski definition) is 1. The van der Waals surface area contributed by atoms with Gasteiger partial charge in [0.15, 0.2) is 0 Å². The molecule has 3 aromatic rings. The maximum atomic E-state index is 5.69. The number of fused-ring (bicyclic) bond motifs is 1. The minimum Gasteiger partial charge on any atom is -0.361 e. The summed E-state index contributed by atoms with van der Waals surface area (Å²) in [5.41, 5.74) is 13.4. The molecule has 0 fully saturated rings. The number of H-pyrrole nitrogens is 1. The van der Waals surface area contributed by atoms with Crippen LogP contribution in [0.2, 0.25) is 0 Å². The van der Waals surface area contributed by atoms with Crippen LogP contribution in [0.3, 0.4) is 0 Å². The first kappa shape index (κ1) is 12.9. The van der Waals surface area contributed by atoms with E-state index in [2.05, 4.69) is 61.4 Å². The van der Waals surface area contributed by atoms with E-state index in [0.717, 1.165) is 6.42 Å².